The van der Waals surface area contributed by atoms with Gasteiger partial charge in [0.2, 0.25) is 21.7 Å². The molecule has 1 aromatic heterocycles. The van der Waals surface area contributed by atoms with Crippen LogP contribution in [0.1, 0.15) is 11.5 Å². The first-order valence-electron chi connectivity index (χ1n) is 9.02. The van der Waals surface area contributed by atoms with Crippen LogP contribution in [0.15, 0.2) is 57.9 Å². The van der Waals surface area contributed by atoms with Crippen molar-refractivity contribution in [2.45, 2.75) is 30.0 Å². The molecule has 3 rings (SSSR count). The van der Waals surface area contributed by atoms with E-state index in [1.54, 1.807) is 18.2 Å². The second kappa shape index (κ2) is 10.5. The molecule has 0 radical (unpaired) electrons. The van der Waals surface area contributed by atoms with Gasteiger partial charge in [0, 0.05) is 18.0 Å². The number of carboxylic acids is 1. The molecule has 178 valence electrons. The average molecular weight is 490 g/mol. The van der Waals surface area contributed by atoms with Crippen LogP contribution in [0.2, 0.25) is 0 Å². The van der Waals surface area contributed by atoms with Gasteiger partial charge in [-0.05, 0) is 42.3 Å². The van der Waals surface area contributed by atoms with Gasteiger partial charge < -0.3 is 15.4 Å². The maximum atomic E-state index is 13.7. The van der Waals surface area contributed by atoms with Gasteiger partial charge in [-0.2, -0.15) is 18.2 Å². The summed E-state index contributed by atoms with van der Waals surface area (Å²) >= 11 is 0. The van der Waals surface area contributed by atoms with Gasteiger partial charge in [-0.3, -0.25) is 0 Å². The molecule has 33 heavy (non-hydrogen) atoms. The summed E-state index contributed by atoms with van der Waals surface area (Å²) in [5.41, 5.74) is 7.15. The highest BCUT2D eigenvalue weighted by Crippen LogP contribution is 2.19. The Morgan fingerprint density at radius 2 is 1.67 bits per heavy atom. The number of primary sulfonamides is 1. The molecule has 0 bridgehead atoms. The first-order valence-corrected chi connectivity index (χ1v) is 10.6. The Hall–Kier alpha value is -3.36. The van der Waals surface area contributed by atoms with Gasteiger partial charge in [0.05, 0.1) is 4.90 Å². The van der Waals surface area contributed by atoms with Crippen LogP contribution < -0.4 is 10.9 Å². The van der Waals surface area contributed by atoms with Gasteiger partial charge in [0.25, 0.3) is 0 Å². The van der Waals surface area contributed by atoms with Crippen molar-refractivity contribution in [3.8, 4) is 11.4 Å². The third-order valence-corrected chi connectivity index (χ3v) is 4.96. The van der Waals surface area contributed by atoms with Gasteiger partial charge in [-0.15, -0.1) is 0 Å². The lowest BCUT2D eigenvalue weighted by atomic mass is 10.0. The van der Waals surface area contributed by atoms with Gasteiger partial charge in [-0.25, -0.2) is 22.7 Å². The molecule has 5 N–H and O–H groups in total. The van der Waals surface area contributed by atoms with Crippen LogP contribution in [0.25, 0.3) is 11.4 Å². The number of aromatic nitrogens is 2. The number of carbonyl (C=O) groups is 1. The monoisotopic (exact) mass is 490 g/mol. The van der Waals surface area contributed by atoms with Crippen LogP contribution in [0.3, 0.4) is 0 Å². The normalized spacial score (nSPS) is 12.5. The molecule has 0 unspecified atom stereocenters. The van der Waals surface area contributed by atoms with E-state index in [1.165, 1.54) is 30.3 Å². The second-order valence-electron chi connectivity index (χ2n) is 6.64. The molecule has 0 fully saturated rings. The zero-order chi connectivity index (χ0) is 24.8. The Kier molecular flexibility index (Phi) is 8.24. The molecule has 14 heteroatoms. The molecule has 0 spiro atoms. The average Bonchev–Trinajstić information content (AvgIpc) is 3.17. The number of hydrogen-bond acceptors (Lipinski definition) is 7. The quantitative estimate of drug-likeness (QED) is 0.443. The Balaban J connectivity index is 0.000000479. The SMILES string of the molecule is N[C@@H](Cc1nc(-c2ccc(S(N)(=O)=O)cc2)no1)Cc1ccccc1F.O=C(O)C(F)(F)F. The minimum absolute atomic E-state index is 0.00289. The summed E-state index contributed by atoms with van der Waals surface area (Å²) in [7, 11) is -3.76. The largest absolute Gasteiger partial charge is 0.490 e. The molecular formula is C19H18F4N4O5S. The van der Waals surface area contributed by atoms with Crippen molar-refractivity contribution in [3.63, 3.8) is 0 Å². The molecule has 0 aliphatic heterocycles. The van der Waals surface area contributed by atoms with Crippen LogP contribution in [0.4, 0.5) is 17.6 Å². The van der Waals surface area contributed by atoms with Gasteiger partial charge in [0.1, 0.15) is 5.82 Å². The highest BCUT2D eigenvalue weighted by molar-refractivity contribution is 7.89. The molecule has 1 atom stereocenters. The predicted molar refractivity (Wildman–Crippen MR) is 107 cm³/mol. The smallest absolute Gasteiger partial charge is 0.475 e. The van der Waals surface area contributed by atoms with E-state index in [2.05, 4.69) is 10.1 Å². The molecule has 2 aromatic carbocycles. The fraction of sp³-hybridized carbons (Fsp3) is 0.211. The second-order valence-corrected chi connectivity index (χ2v) is 8.21. The predicted octanol–water partition coefficient (Wildman–Crippen LogP) is 2.27. The molecule has 3 aromatic rings. The van der Waals surface area contributed by atoms with Crippen LogP contribution >= 0.6 is 0 Å². The molecule has 0 aliphatic carbocycles. The molecule has 0 saturated carbocycles. The van der Waals surface area contributed by atoms with E-state index in [9.17, 15) is 26.0 Å². The lowest BCUT2D eigenvalue weighted by Crippen LogP contribution is -2.26. The topological polar surface area (TPSA) is 162 Å². The zero-order valence-electron chi connectivity index (χ0n) is 16.7. The van der Waals surface area contributed by atoms with Gasteiger partial charge >= 0.3 is 12.1 Å². The Morgan fingerprint density at radius 3 is 2.18 bits per heavy atom. The number of aliphatic carboxylic acids is 1. The van der Waals surface area contributed by atoms with E-state index in [4.69, 9.17) is 25.3 Å². The summed E-state index contributed by atoms with van der Waals surface area (Å²) in [5.74, 6) is -2.44. The van der Waals surface area contributed by atoms with E-state index in [0.29, 0.717) is 29.3 Å². The van der Waals surface area contributed by atoms with E-state index in [-0.39, 0.29) is 23.2 Å². The Bertz CT molecular complexity index is 1200. The third kappa shape index (κ3) is 7.93. The van der Waals surface area contributed by atoms with Crippen molar-refractivity contribution in [2.24, 2.45) is 10.9 Å². The molecular weight excluding hydrogens is 472 g/mol. The van der Waals surface area contributed by atoms with Crippen molar-refractivity contribution in [1.82, 2.24) is 10.1 Å². The number of hydrogen-bond donors (Lipinski definition) is 3. The number of sulfonamides is 1. The molecule has 0 aliphatic rings. The highest BCUT2D eigenvalue weighted by atomic mass is 32.2. The first-order chi connectivity index (χ1) is 15.3. The van der Waals surface area contributed by atoms with Crippen molar-refractivity contribution in [2.75, 3.05) is 0 Å². The molecule has 1 heterocycles. The number of alkyl halides is 3. The summed E-state index contributed by atoms with van der Waals surface area (Å²) < 4.78 is 73.1. The maximum Gasteiger partial charge on any atom is 0.490 e. The minimum Gasteiger partial charge on any atom is -0.475 e. The number of carboxylic acid groups (broad SMARTS) is 1. The van der Waals surface area contributed by atoms with E-state index >= 15 is 0 Å². The summed E-state index contributed by atoms with van der Waals surface area (Å²) in [6.07, 6.45) is -4.45. The maximum absolute atomic E-state index is 13.7. The summed E-state index contributed by atoms with van der Waals surface area (Å²) in [5, 5.41) is 16.0. The van der Waals surface area contributed by atoms with E-state index < -0.39 is 22.2 Å². The number of nitrogens with two attached hydrogens (primary N) is 2. The van der Waals surface area contributed by atoms with Crippen LogP contribution in [-0.4, -0.2) is 41.9 Å². The Labute approximate surface area is 185 Å². The van der Waals surface area contributed by atoms with Gasteiger partial charge in [-0.1, -0.05) is 23.4 Å². The van der Waals surface area contributed by atoms with Crippen LogP contribution in [-0.2, 0) is 27.7 Å². The van der Waals surface area contributed by atoms with Crippen LogP contribution in [0, 0.1) is 5.82 Å². The van der Waals surface area contributed by atoms with E-state index in [0.717, 1.165) is 0 Å². The minimum atomic E-state index is -5.08. The third-order valence-electron chi connectivity index (χ3n) is 4.03. The Morgan fingerprint density at radius 1 is 1.09 bits per heavy atom. The lowest BCUT2D eigenvalue weighted by Gasteiger charge is -2.09. The number of rotatable bonds is 6. The molecule has 9 nitrogen and oxygen atoms in total. The van der Waals surface area contributed by atoms with Crippen LogP contribution in [0.5, 0.6) is 0 Å². The fourth-order valence-electron chi connectivity index (χ4n) is 2.49. The number of benzene rings is 2. The summed E-state index contributed by atoms with van der Waals surface area (Å²) in [4.78, 5) is 13.1. The number of nitrogens with zero attached hydrogens (tertiary/aromatic N) is 2. The standard InChI is InChI=1S/C17H17FN4O3S.C2HF3O2/c18-15-4-2-1-3-12(15)9-13(19)10-16-21-17(22-25-16)11-5-7-14(8-6-11)26(20,23)24;3-2(4,5)1(6)7/h1-8,13H,9-10,19H2,(H2,20,23,24);(H,6,7)/t13-;/m1./s1. The molecule has 0 saturated heterocycles. The van der Waals surface area contributed by atoms with Crippen molar-refractivity contribution >= 4 is 16.0 Å². The summed E-state index contributed by atoms with van der Waals surface area (Å²) in [6, 6.07) is 11.9. The fourth-order valence-corrected chi connectivity index (χ4v) is 3.01. The lowest BCUT2D eigenvalue weighted by molar-refractivity contribution is -0.192. The summed E-state index contributed by atoms with van der Waals surface area (Å²) in [6.45, 7) is 0. The first kappa shape index (κ1) is 25.9. The van der Waals surface area contributed by atoms with Crippen molar-refractivity contribution in [1.29, 1.82) is 0 Å². The zero-order valence-corrected chi connectivity index (χ0v) is 17.5. The van der Waals surface area contributed by atoms with Crippen molar-refractivity contribution < 1.29 is 40.4 Å². The van der Waals surface area contributed by atoms with Gasteiger partial charge in [0.15, 0.2) is 0 Å². The van der Waals surface area contributed by atoms with Crippen molar-refractivity contribution in [3.05, 3.63) is 65.8 Å². The number of halogens is 4. The molecule has 0 amide bonds. The van der Waals surface area contributed by atoms with E-state index in [1.807, 2.05) is 0 Å². The highest BCUT2D eigenvalue weighted by Gasteiger charge is 2.38.